The quantitative estimate of drug-likeness (QED) is 0.568. The Labute approximate surface area is 155 Å². The number of likely N-dealkylation sites (tertiary alicyclic amines) is 1. The third-order valence-electron chi connectivity index (χ3n) is 5.24. The van der Waals surface area contributed by atoms with Gasteiger partial charge in [0, 0.05) is 4.47 Å². The van der Waals surface area contributed by atoms with Gasteiger partial charge in [0.05, 0.1) is 0 Å². The summed E-state index contributed by atoms with van der Waals surface area (Å²) in [5, 5.41) is 0. The number of nitrogens with zero attached hydrogens (tertiary/aromatic N) is 1. The summed E-state index contributed by atoms with van der Waals surface area (Å²) in [6.45, 7) is 6.21. The van der Waals surface area contributed by atoms with Crippen LogP contribution in [0.5, 0.6) is 0 Å². The standard InChI is InChI=1S/C22H28BrN/c1-18(14-17-24-15-6-2-3-7-16-24)19-10-12-20(13-11-19)21-8-4-5-9-22(21)23/h4-5,8-13,18H,2-3,6-7,14-17H2,1H3. The second-order valence-corrected chi connectivity index (χ2v) is 7.90. The average Bonchev–Trinajstić information content (AvgIpc) is 2.89. The van der Waals surface area contributed by atoms with E-state index in [9.17, 15) is 0 Å². The van der Waals surface area contributed by atoms with Crippen LogP contribution in [0.15, 0.2) is 53.0 Å². The molecule has 1 unspecified atom stereocenters. The number of rotatable bonds is 5. The Bertz CT molecular complexity index is 627. The SMILES string of the molecule is CC(CCN1CCCCCC1)c1ccc(-c2ccccc2Br)cc1. The Hall–Kier alpha value is -1.12. The molecule has 1 heterocycles. The molecule has 3 rings (SSSR count). The Morgan fingerprint density at radius 3 is 2.25 bits per heavy atom. The lowest BCUT2D eigenvalue weighted by molar-refractivity contribution is 0.275. The van der Waals surface area contributed by atoms with E-state index in [-0.39, 0.29) is 0 Å². The van der Waals surface area contributed by atoms with Crippen molar-refractivity contribution in [3.63, 3.8) is 0 Å². The van der Waals surface area contributed by atoms with Crippen molar-refractivity contribution < 1.29 is 0 Å². The van der Waals surface area contributed by atoms with Gasteiger partial charge in [-0.3, -0.25) is 0 Å². The maximum absolute atomic E-state index is 3.65. The smallest absolute Gasteiger partial charge is 0.0253 e. The number of hydrogen-bond acceptors (Lipinski definition) is 1. The van der Waals surface area contributed by atoms with E-state index in [2.05, 4.69) is 76.3 Å². The van der Waals surface area contributed by atoms with Crippen LogP contribution in [0.25, 0.3) is 11.1 Å². The Balaban J connectivity index is 1.59. The first-order valence-corrected chi connectivity index (χ1v) is 10.1. The second-order valence-electron chi connectivity index (χ2n) is 7.05. The fourth-order valence-electron chi connectivity index (χ4n) is 3.59. The zero-order chi connectivity index (χ0) is 16.8. The van der Waals surface area contributed by atoms with E-state index in [1.165, 1.54) is 68.4 Å². The molecule has 1 fully saturated rings. The highest BCUT2D eigenvalue weighted by atomic mass is 79.9. The molecular formula is C22H28BrN. The van der Waals surface area contributed by atoms with Crippen molar-refractivity contribution in [3.05, 3.63) is 58.6 Å². The van der Waals surface area contributed by atoms with Crippen LogP contribution in [0.1, 0.15) is 50.5 Å². The summed E-state index contributed by atoms with van der Waals surface area (Å²) in [4.78, 5) is 2.67. The van der Waals surface area contributed by atoms with Gasteiger partial charge in [0.1, 0.15) is 0 Å². The molecule has 2 aromatic carbocycles. The van der Waals surface area contributed by atoms with Gasteiger partial charge in [0.15, 0.2) is 0 Å². The van der Waals surface area contributed by atoms with Crippen molar-refractivity contribution in [1.82, 2.24) is 4.90 Å². The zero-order valence-corrected chi connectivity index (χ0v) is 16.3. The molecule has 1 aliphatic rings. The topological polar surface area (TPSA) is 3.24 Å². The highest BCUT2D eigenvalue weighted by Gasteiger charge is 2.12. The molecule has 1 atom stereocenters. The zero-order valence-electron chi connectivity index (χ0n) is 14.7. The molecule has 0 bridgehead atoms. The van der Waals surface area contributed by atoms with Gasteiger partial charge in [0.2, 0.25) is 0 Å². The van der Waals surface area contributed by atoms with E-state index in [0.717, 1.165) is 4.47 Å². The first kappa shape index (κ1) is 17.7. The lowest BCUT2D eigenvalue weighted by Crippen LogP contribution is -2.26. The third-order valence-corrected chi connectivity index (χ3v) is 5.93. The van der Waals surface area contributed by atoms with Gasteiger partial charge in [-0.25, -0.2) is 0 Å². The maximum Gasteiger partial charge on any atom is 0.0253 e. The van der Waals surface area contributed by atoms with Crippen LogP contribution in [-0.4, -0.2) is 24.5 Å². The molecule has 1 nitrogen and oxygen atoms in total. The van der Waals surface area contributed by atoms with Gasteiger partial charge in [0.25, 0.3) is 0 Å². The predicted octanol–water partition coefficient (Wildman–Crippen LogP) is 6.49. The minimum Gasteiger partial charge on any atom is -0.303 e. The number of benzene rings is 2. The van der Waals surface area contributed by atoms with Crippen LogP contribution < -0.4 is 0 Å². The van der Waals surface area contributed by atoms with Crippen LogP contribution in [-0.2, 0) is 0 Å². The van der Waals surface area contributed by atoms with Crippen LogP contribution in [0, 0.1) is 0 Å². The highest BCUT2D eigenvalue weighted by Crippen LogP contribution is 2.29. The van der Waals surface area contributed by atoms with Crippen molar-refractivity contribution in [2.75, 3.05) is 19.6 Å². The van der Waals surface area contributed by atoms with Gasteiger partial charge in [-0.2, -0.15) is 0 Å². The molecule has 2 aromatic rings. The molecule has 2 heteroatoms. The summed E-state index contributed by atoms with van der Waals surface area (Å²) in [6.07, 6.45) is 6.86. The van der Waals surface area contributed by atoms with Gasteiger partial charge in [-0.15, -0.1) is 0 Å². The van der Waals surface area contributed by atoms with Crippen LogP contribution in [0.4, 0.5) is 0 Å². The maximum atomic E-state index is 3.65. The summed E-state index contributed by atoms with van der Waals surface area (Å²) in [5.74, 6) is 0.626. The number of halogens is 1. The minimum absolute atomic E-state index is 0.626. The average molecular weight is 386 g/mol. The van der Waals surface area contributed by atoms with E-state index >= 15 is 0 Å². The Morgan fingerprint density at radius 1 is 0.917 bits per heavy atom. The lowest BCUT2D eigenvalue weighted by Gasteiger charge is -2.22. The number of hydrogen-bond donors (Lipinski definition) is 0. The van der Waals surface area contributed by atoms with E-state index in [1.54, 1.807) is 0 Å². The van der Waals surface area contributed by atoms with Crippen molar-refractivity contribution in [1.29, 1.82) is 0 Å². The highest BCUT2D eigenvalue weighted by molar-refractivity contribution is 9.10. The molecule has 1 saturated heterocycles. The third kappa shape index (κ3) is 4.70. The van der Waals surface area contributed by atoms with Gasteiger partial charge >= 0.3 is 0 Å². The molecule has 0 spiro atoms. The van der Waals surface area contributed by atoms with Crippen molar-refractivity contribution in [3.8, 4) is 11.1 Å². The molecule has 24 heavy (non-hydrogen) atoms. The first-order chi connectivity index (χ1) is 11.7. The molecule has 1 aliphatic heterocycles. The van der Waals surface area contributed by atoms with Crippen LogP contribution in [0.2, 0.25) is 0 Å². The van der Waals surface area contributed by atoms with Crippen molar-refractivity contribution in [2.45, 2.75) is 44.9 Å². The Morgan fingerprint density at radius 2 is 1.58 bits per heavy atom. The summed E-state index contributed by atoms with van der Waals surface area (Å²) >= 11 is 3.65. The summed E-state index contributed by atoms with van der Waals surface area (Å²) in [6, 6.07) is 17.6. The molecule has 0 amide bonds. The van der Waals surface area contributed by atoms with E-state index in [4.69, 9.17) is 0 Å². The Kier molecular flexibility index (Phi) is 6.51. The van der Waals surface area contributed by atoms with E-state index in [1.807, 2.05) is 0 Å². The van der Waals surface area contributed by atoms with Gasteiger partial charge in [-0.1, -0.05) is 78.2 Å². The fraction of sp³-hybridized carbons (Fsp3) is 0.455. The largest absolute Gasteiger partial charge is 0.303 e. The van der Waals surface area contributed by atoms with Crippen molar-refractivity contribution in [2.24, 2.45) is 0 Å². The molecular weight excluding hydrogens is 358 g/mol. The summed E-state index contributed by atoms with van der Waals surface area (Å²) in [7, 11) is 0. The molecule has 0 N–H and O–H groups in total. The fourth-order valence-corrected chi connectivity index (χ4v) is 4.10. The van der Waals surface area contributed by atoms with E-state index < -0.39 is 0 Å². The predicted molar refractivity (Wildman–Crippen MR) is 108 cm³/mol. The molecule has 0 aromatic heterocycles. The second kappa shape index (κ2) is 8.82. The monoisotopic (exact) mass is 385 g/mol. The summed E-state index contributed by atoms with van der Waals surface area (Å²) < 4.78 is 1.16. The molecule has 0 radical (unpaired) electrons. The molecule has 0 aliphatic carbocycles. The summed E-state index contributed by atoms with van der Waals surface area (Å²) in [5.41, 5.74) is 4.01. The van der Waals surface area contributed by atoms with Crippen LogP contribution in [0.3, 0.4) is 0 Å². The van der Waals surface area contributed by atoms with E-state index in [0.29, 0.717) is 5.92 Å². The molecule has 128 valence electrons. The van der Waals surface area contributed by atoms with Crippen molar-refractivity contribution >= 4 is 15.9 Å². The van der Waals surface area contributed by atoms with Crippen LogP contribution >= 0.6 is 15.9 Å². The normalized spacial score (nSPS) is 17.4. The molecule has 0 saturated carbocycles. The minimum atomic E-state index is 0.626. The first-order valence-electron chi connectivity index (χ1n) is 9.31. The van der Waals surface area contributed by atoms with Gasteiger partial charge < -0.3 is 4.90 Å². The lowest BCUT2D eigenvalue weighted by atomic mass is 9.95. The van der Waals surface area contributed by atoms with Gasteiger partial charge in [-0.05, 0) is 67.6 Å².